The van der Waals surface area contributed by atoms with Crippen LogP contribution in [0.1, 0.15) is 5.69 Å². The van der Waals surface area contributed by atoms with Gasteiger partial charge in [-0.15, -0.1) is 11.3 Å². The van der Waals surface area contributed by atoms with Gasteiger partial charge >= 0.3 is 0 Å². The van der Waals surface area contributed by atoms with Crippen molar-refractivity contribution >= 4 is 48.9 Å². The van der Waals surface area contributed by atoms with Crippen molar-refractivity contribution in [1.29, 1.82) is 0 Å². The molecular formula is C19H13ClN2O5S2. The number of benzene rings is 2. The second-order valence-corrected chi connectivity index (χ2v) is 9.39. The number of nitrogens with zero attached hydrogens (tertiary/aromatic N) is 1. The van der Waals surface area contributed by atoms with Gasteiger partial charge < -0.3 is 14.0 Å². The molecule has 0 saturated heterocycles. The molecule has 0 unspecified atom stereocenters. The zero-order valence-electron chi connectivity index (χ0n) is 14.9. The predicted molar refractivity (Wildman–Crippen MR) is 110 cm³/mol. The van der Waals surface area contributed by atoms with E-state index in [0.717, 1.165) is 4.70 Å². The second kappa shape index (κ2) is 6.65. The Hall–Kier alpha value is -2.75. The van der Waals surface area contributed by atoms with E-state index in [1.165, 1.54) is 11.3 Å². The van der Waals surface area contributed by atoms with Gasteiger partial charge in [0.05, 0.1) is 4.88 Å². The molecule has 0 spiro atoms. The predicted octanol–water partition coefficient (Wildman–Crippen LogP) is 5.05. The van der Waals surface area contributed by atoms with Crippen molar-refractivity contribution in [3.8, 4) is 21.9 Å². The molecule has 0 fully saturated rings. The molecule has 10 heteroatoms. The van der Waals surface area contributed by atoms with Crippen molar-refractivity contribution in [1.82, 2.24) is 5.16 Å². The molecule has 0 amide bonds. The van der Waals surface area contributed by atoms with Gasteiger partial charge in [-0.1, -0.05) is 35.0 Å². The van der Waals surface area contributed by atoms with Crippen LogP contribution >= 0.6 is 22.9 Å². The summed E-state index contributed by atoms with van der Waals surface area (Å²) in [6.45, 7) is 1.77. The van der Waals surface area contributed by atoms with Gasteiger partial charge in [0.25, 0.3) is 15.9 Å². The van der Waals surface area contributed by atoms with Gasteiger partial charge in [0.15, 0.2) is 11.5 Å². The second-order valence-electron chi connectivity index (χ2n) is 6.34. The Bertz CT molecular complexity index is 1360. The van der Waals surface area contributed by atoms with E-state index in [4.69, 9.17) is 25.6 Å². The highest BCUT2D eigenvalue weighted by Gasteiger charge is 2.29. The molecule has 1 aliphatic rings. The zero-order valence-corrected chi connectivity index (χ0v) is 17.3. The molecule has 1 aliphatic heterocycles. The van der Waals surface area contributed by atoms with Crippen LogP contribution in [0.25, 0.3) is 20.5 Å². The van der Waals surface area contributed by atoms with Gasteiger partial charge in [-0.2, -0.15) is 0 Å². The minimum atomic E-state index is -4.03. The van der Waals surface area contributed by atoms with E-state index in [9.17, 15) is 8.42 Å². The first-order valence-corrected chi connectivity index (χ1v) is 11.2. The average Bonchev–Trinajstić information content (AvgIpc) is 3.40. The summed E-state index contributed by atoms with van der Waals surface area (Å²) in [5.74, 6) is 1.09. The molecule has 2 aromatic heterocycles. The average molecular weight is 449 g/mol. The molecule has 0 atom stereocenters. The third-order valence-corrected chi connectivity index (χ3v) is 7.68. The van der Waals surface area contributed by atoms with E-state index in [1.807, 2.05) is 18.2 Å². The molecule has 0 bridgehead atoms. The minimum Gasteiger partial charge on any atom is -0.454 e. The summed E-state index contributed by atoms with van der Waals surface area (Å²) >= 11 is 7.48. The monoisotopic (exact) mass is 448 g/mol. The Morgan fingerprint density at radius 3 is 2.72 bits per heavy atom. The lowest BCUT2D eigenvalue weighted by atomic mass is 10.1. The van der Waals surface area contributed by atoms with Gasteiger partial charge in [0, 0.05) is 10.1 Å². The van der Waals surface area contributed by atoms with Gasteiger partial charge in [-0.3, -0.25) is 0 Å². The van der Waals surface area contributed by atoms with E-state index in [1.54, 1.807) is 31.2 Å². The number of aromatic nitrogens is 1. The maximum Gasteiger partial charge on any atom is 0.266 e. The lowest BCUT2D eigenvalue weighted by molar-refractivity contribution is 0.174. The Morgan fingerprint density at radius 2 is 1.93 bits per heavy atom. The maximum absolute atomic E-state index is 13.4. The first kappa shape index (κ1) is 18.3. The highest BCUT2D eigenvalue weighted by atomic mass is 35.5. The molecule has 7 nitrogen and oxygen atoms in total. The maximum atomic E-state index is 13.4. The number of sulfonamides is 1. The third kappa shape index (κ3) is 3.02. The first-order valence-electron chi connectivity index (χ1n) is 8.50. The summed E-state index contributed by atoms with van der Waals surface area (Å²) in [7, 11) is -4.03. The van der Waals surface area contributed by atoms with Gasteiger partial charge in [0.1, 0.15) is 15.6 Å². The summed E-state index contributed by atoms with van der Waals surface area (Å²) in [5, 5.41) is 4.43. The summed E-state index contributed by atoms with van der Waals surface area (Å²) in [6, 6.07) is 12.7. The number of nitrogens with one attached hydrogen (secondary N) is 1. The van der Waals surface area contributed by atoms with E-state index in [-0.39, 0.29) is 22.6 Å². The van der Waals surface area contributed by atoms with Crippen LogP contribution in [0.5, 0.6) is 11.5 Å². The summed E-state index contributed by atoms with van der Waals surface area (Å²) < 4.78 is 45.8. The van der Waals surface area contributed by atoms with Crippen molar-refractivity contribution in [3.63, 3.8) is 0 Å². The molecular weight excluding hydrogens is 436 g/mol. The number of thiophene rings is 1. The van der Waals surface area contributed by atoms with E-state index in [2.05, 4.69) is 9.88 Å². The first-order chi connectivity index (χ1) is 13.9. The topological polar surface area (TPSA) is 90.7 Å². The van der Waals surface area contributed by atoms with Crippen molar-refractivity contribution in [2.24, 2.45) is 0 Å². The van der Waals surface area contributed by atoms with Crippen LogP contribution in [0.15, 0.2) is 51.9 Å². The van der Waals surface area contributed by atoms with E-state index >= 15 is 0 Å². The number of ether oxygens (including phenoxy) is 2. The molecule has 1 N–H and O–H groups in total. The summed E-state index contributed by atoms with van der Waals surface area (Å²) in [5.41, 5.74) is 1.10. The number of hydrogen-bond acceptors (Lipinski definition) is 7. The van der Waals surface area contributed by atoms with Crippen LogP contribution in [0.3, 0.4) is 0 Å². The highest BCUT2D eigenvalue weighted by Crippen LogP contribution is 2.45. The molecule has 148 valence electrons. The standard InChI is InChI=1S/C19H13ClN2O5S2/c1-10-16(20)19(27-21-10)22-29(23,24)18-12-4-2-3-5-15(12)28-17(18)11-6-7-13-14(8-11)26-9-25-13/h2-8,22H,9H2,1H3. The van der Waals surface area contributed by atoms with Crippen LogP contribution in [0, 0.1) is 6.92 Å². The summed E-state index contributed by atoms with van der Waals surface area (Å²) in [4.78, 5) is 0.714. The molecule has 5 rings (SSSR count). The van der Waals surface area contributed by atoms with Crippen molar-refractivity contribution in [3.05, 3.63) is 53.2 Å². The number of fused-ring (bicyclic) bond motifs is 2. The lowest BCUT2D eigenvalue weighted by Gasteiger charge is -2.08. The zero-order chi connectivity index (χ0) is 20.2. The van der Waals surface area contributed by atoms with Gasteiger partial charge in [-0.05, 0) is 36.8 Å². The fourth-order valence-electron chi connectivity index (χ4n) is 3.11. The Kier molecular flexibility index (Phi) is 4.19. The molecule has 0 saturated carbocycles. The lowest BCUT2D eigenvalue weighted by Crippen LogP contribution is -2.13. The molecule has 0 aliphatic carbocycles. The number of hydrogen-bond donors (Lipinski definition) is 1. The number of aryl methyl sites for hydroxylation is 1. The van der Waals surface area contributed by atoms with Crippen molar-refractivity contribution in [2.45, 2.75) is 11.8 Å². The smallest absolute Gasteiger partial charge is 0.266 e. The molecule has 4 aromatic rings. The van der Waals surface area contributed by atoms with Gasteiger partial charge in [0.2, 0.25) is 6.79 Å². The molecule has 29 heavy (non-hydrogen) atoms. The Labute approximate surface area is 174 Å². The van der Waals surface area contributed by atoms with Crippen LogP contribution in [0.4, 0.5) is 5.88 Å². The van der Waals surface area contributed by atoms with Crippen molar-refractivity contribution in [2.75, 3.05) is 11.5 Å². The largest absolute Gasteiger partial charge is 0.454 e. The number of anilines is 1. The van der Waals surface area contributed by atoms with Crippen molar-refractivity contribution < 1.29 is 22.4 Å². The Balaban J connectivity index is 1.70. The van der Waals surface area contributed by atoms with Crippen LogP contribution in [0.2, 0.25) is 5.02 Å². The third-order valence-electron chi connectivity index (χ3n) is 4.47. The Morgan fingerprint density at radius 1 is 1.14 bits per heavy atom. The van der Waals surface area contributed by atoms with Crippen LogP contribution in [-0.4, -0.2) is 20.4 Å². The highest BCUT2D eigenvalue weighted by molar-refractivity contribution is 7.93. The minimum absolute atomic E-state index is 0.115. The normalized spacial score (nSPS) is 13.2. The molecule has 0 radical (unpaired) electrons. The van der Waals surface area contributed by atoms with Crippen LogP contribution in [-0.2, 0) is 10.0 Å². The molecule has 2 aromatic carbocycles. The SMILES string of the molecule is Cc1noc(NS(=O)(=O)c2c(-c3ccc4c(c3)OCO4)sc3ccccc23)c1Cl. The molecule has 3 heterocycles. The summed E-state index contributed by atoms with van der Waals surface area (Å²) in [6.07, 6.45) is 0. The van der Waals surface area contributed by atoms with Crippen LogP contribution < -0.4 is 14.2 Å². The van der Waals surface area contributed by atoms with E-state index < -0.39 is 10.0 Å². The quantitative estimate of drug-likeness (QED) is 0.470. The van der Waals surface area contributed by atoms with E-state index in [0.29, 0.717) is 33.0 Å². The number of halogens is 1. The van der Waals surface area contributed by atoms with Gasteiger partial charge in [-0.25, -0.2) is 13.1 Å². The number of rotatable bonds is 4. The fraction of sp³-hybridized carbons (Fsp3) is 0.105. The fourth-order valence-corrected chi connectivity index (χ4v) is 6.21.